The predicted molar refractivity (Wildman–Crippen MR) is 55.9 cm³/mol. The van der Waals surface area contributed by atoms with Crippen LogP contribution in [0.15, 0.2) is 0 Å². The second-order valence-electron chi connectivity index (χ2n) is 4.80. The Morgan fingerprint density at radius 2 is 1.14 bits per heavy atom. The van der Waals surface area contributed by atoms with Crippen molar-refractivity contribution in [1.82, 2.24) is 0 Å². The van der Waals surface area contributed by atoms with E-state index >= 15 is 0 Å². The first-order valence-electron chi connectivity index (χ1n) is 5.46. The van der Waals surface area contributed by atoms with Crippen molar-refractivity contribution in [2.45, 2.75) is 40.5 Å². The number of hydrogen-bond acceptors (Lipinski definition) is 2. The highest BCUT2D eigenvalue weighted by Crippen LogP contribution is 2.39. The highest BCUT2D eigenvalue weighted by molar-refractivity contribution is 5.88. The molecular formula is C12H20O2. The van der Waals surface area contributed by atoms with E-state index in [1.807, 2.05) is 0 Å². The zero-order valence-electron chi connectivity index (χ0n) is 9.54. The molecule has 0 N–H and O–H groups in total. The van der Waals surface area contributed by atoms with Crippen molar-refractivity contribution < 1.29 is 9.59 Å². The molecule has 0 spiro atoms. The summed E-state index contributed by atoms with van der Waals surface area (Å²) in [5.74, 6) is 1.05. The SMILES string of the molecule is CC(=O)C1C(C)CCC(C)C1C(C)=O. The van der Waals surface area contributed by atoms with Crippen LogP contribution in [0.3, 0.4) is 0 Å². The van der Waals surface area contributed by atoms with Gasteiger partial charge in [0.05, 0.1) is 0 Å². The molecule has 14 heavy (non-hydrogen) atoms. The molecule has 1 saturated carbocycles. The lowest BCUT2D eigenvalue weighted by atomic mass is 9.65. The molecular weight excluding hydrogens is 176 g/mol. The molecule has 1 aliphatic rings. The van der Waals surface area contributed by atoms with E-state index in [2.05, 4.69) is 13.8 Å². The predicted octanol–water partition coefficient (Wildman–Crippen LogP) is 2.46. The van der Waals surface area contributed by atoms with E-state index in [1.165, 1.54) is 0 Å². The van der Waals surface area contributed by atoms with E-state index in [4.69, 9.17) is 0 Å². The lowest BCUT2D eigenvalue weighted by molar-refractivity contribution is -0.136. The molecule has 0 aliphatic heterocycles. The molecule has 80 valence electrons. The van der Waals surface area contributed by atoms with Crippen molar-refractivity contribution in [3.63, 3.8) is 0 Å². The fourth-order valence-corrected chi connectivity index (χ4v) is 2.90. The quantitative estimate of drug-likeness (QED) is 0.680. The Hall–Kier alpha value is -0.660. The van der Waals surface area contributed by atoms with Crippen LogP contribution in [0.4, 0.5) is 0 Å². The van der Waals surface area contributed by atoms with Crippen molar-refractivity contribution >= 4 is 11.6 Å². The summed E-state index contributed by atoms with van der Waals surface area (Å²) in [6.45, 7) is 7.42. The molecule has 0 aromatic rings. The number of ketones is 2. The van der Waals surface area contributed by atoms with Gasteiger partial charge in [-0.1, -0.05) is 13.8 Å². The molecule has 2 heteroatoms. The molecule has 4 atom stereocenters. The number of Topliss-reactive ketones (excluding diaryl/α,β-unsaturated/α-hetero) is 2. The Balaban J connectivity index is 2.92. The fourth-order valence-electron chi connectivity index (χ4n) is 2.90. The van der Waals surface area contributed by atoms with E-state index in [0.717, 1.165) is 12.8 Å². The third kappa shape index (κ3) is 2.05. The Labute approximate surface area is 86.1 Å². The van der Waals surface area contributed by atoms with E-state index in [1.54, 1.807) is 13.8 Å². The second-order valence-corrected chi connectivity index (χ2v) is 4.80. The van der Waals surface area contributed by atoms with Crippen LogP contribution in [0.1, 0.15) is 40.5 Å². The minimum absolute atomic E-state index is 0.0313. The molecule has 0 aromatic carbocycles. The van der Waals surface area contributed by atoms with Gasteiger partial charge in [0.15, 0.2) is 0 Å². The summed E-state index contributed by atoms with van der Waals surface area (Å²) in [6.07, 6.45) is 2.16. The van der Waals surface area contributed by atoms with Crippen molar-refractivity contribution in [1.29, 1.82) is 0 Å². The summed E-state index contributed by atoms with van der Waals surface area (Å²) in [5.41, 5.74) is 0. The normalized spacial score (nSPS) is 38.0. The lowest BCUT2D eigenvalue weighted by Gasteiger charge is -2.37. The molecule has 0 bridgehead atoms. The maximum absolute atomic E-state index is 11.5. The first-order valence-corrected chi connectivity index (χ1v) is 5.46. The van der Waals surface area contributed by atoms with Gasteiger partial charge in [-0.3, -0.25) is 9.59 Å². The first kappa shape index (κ1) is 11.4. The van der Waals surface area contributed by atoms with Gasteiger partial charge in [-0.25, -0.2) is 0 Å². The smallest absolute Gasteiger partial charge is 0.133 e. The van der Waals surface area contributed by atoms with E-state index < -0.39 is 0 Å². The number of carbonyl (C=O) groups excluding carboxylic acids is 2. The zero-order valence-corrected chi connectivity index (χ0v) is 9.54. The van der Waals surface area contributed by atoms with Gasteiger partial charge in [0.1, 0.15) is 11.6 Å². The van der Waals surface area contributed by atoms with Crippen LogP contribution >= 0.6 is 0 Å². The number of hydrogen-bond donors (Lipinski definition) is 0. The standard InChI is InChI=1S/C12H20O2/c1-7-5-6-8(2)12(10(4)14)11(7)9(3)13/h7-8,11-12H,5-6H2,1-4H3. The van der Waals surface area contributed by atoms with E-state index in [9.17, 15) is 9.59 Å². The van der Waals surface area contributed by atoms with Crippen LogP contribution in [0, 0.1) is 23.7 Å². The Morgan fingerprint density at radius 3 is 1.36 bits per heavy atom. The minimum Gasteiger partial charge on any atom is -0.300 e. The van der Waals surface area contributed by atoms with Gasteiger partial charge in [0, 0.05) is 11.8 Å². The van der Waals surface area contributed by atoms with Crippen LogP contribution in [0.25, 0.3) is 0 Å². The molecule has 1 aliphatic carbocycles. The molecule has 4 unspecified atom stereocenters. The van der Waals surface area contributed by atoms with Crippen LogP contribution in [0.2, 0.25) is 0 Å². The summed E-state index contributed by atoms with van der Waals surface area (Å²) in [7, 11) is 0. The Morgan fingerprint density at radius 1 is 0.857 bits per heavy atom. The van der Waals surface area contributed by atoms with Gasteiger partial charge < -0.3 is 0 Å². The van der Waals surface area contributed by atoms with Crippen molar-refractivity contribution in [3.8, 4) is 0 Å². The van der Waals surface area contributed by atoms with Gasteiger partial charge in [-0.2, -0.15) is 0 Å². The number of carbonyl (C=O) groups is 2. The highest BCUT2D eigenvalue weighted by atomic mass is 16.1. The summed E-state index contributed by atoms with van der Waals surface area (Å²) < 4.78 is 0. The zero-order chi connectivity index (χ0) is 10.9. The maximum atomic E-state index is 11.5. The Bertz CT molecular complexity index is 219. The summed E-state index contributed by atoms with van der Waals surface area (Å²) in [4.78, 5) is 23.0. The molecule has 0 heterocycles. The largest absolute Gasteiger partial charge is 0.300 e. The Kier molecular flexibility index (Phi) is 3.46. The van der Waals surface area contributed by atoms with Crippen molar-refractivity contribution in [2.75, 3.05) is 0 Å². The fraction of sp³-hybridized carbons (Fsp3) is 0.833. The van der Waals surface area contributed by atoms with Crippen molar-refractivity contribution in [2.24, 2.45) is 23.7 Å². The van der Waals surface area contributed by atoms with Gasteiger partial charge >= 0.3 is 0 Å². The molecule has 2 nitrogen and oxygen atoms in total. The minimum atomic E-state index is -0.0313. The van der Waals surface area contributed by atoms with Gasteiger partial charge in [0.2, 0.25) is 0 Å². The van der Waals surface area contributed by atoms with E-state index in [-0.39, 0.29) is 23.4 Å². The summed E-state index contributed by atoms with van der Waals surface area (Å²) in [5, 5.41) is 0. The van der Waals surface area contributed by atoms with Crippen LogP contribution in [-0.4, -0.2) is 11.6 Å². The van der Waals surface area contributed by atoms with Crippen LogP contribution in [-0.2, 0) is 9.59 Å². The third-order valence-corrected chi connectivity index (χ3v) is 3.63. The molecule has 0 radical (unpaired) electrons. The van der Waals surface area contributed by atoms with Crippen LogP contribution in [0.5, 0.6) is 0 Å². The third-order valence-electron chi connectivity index (χ3n) is 3.63. The average molecular weight is 196 g/mol. The maximum Gasteiger partial charge on any atom is 0.133 e. The average Bonchev–Trinajstić information content (AvgIpc) is 2.07. The molecule has 0 aromatic heterocycles. The molecule has 1 fully saturated rings. The lowest BCUT2D eigenvalue weighted by Crippen LogP contribution is -2.40. The molecule has 0 amide bonds. The summed E-state index contributed by atoms with van der Waals surface area (Å²) >= 11 is 0. The molecule has 0 saturated heterocycles. The molecule has 1 rings (SSSR count). The topological polar surface area (TPSA) is 34.1 Å². The van der Waals surface area contributed by atoms with Gasteiger partial charge in [-0.15, -0.1) is 0 Å². The number of rotatable bonds is 2. The van der Waals surface area contributed by atoms with Gasteiger partial charge in [-0.05, 0) is 38.5 Å². The first-order chi connectivity index (χ1) is 6.45. The van der Waals surface area contributed by atoms with E-state index in [0.29, 0.717) is 11.8 Å². The highest BCUT2D eigenvalue weighted by Gasteiger charge is 2.40. The second kappa shape index (κ2) is 4.24. The monoisotopic (exact) mass is 196 g/mol. The van der Waals surface area contributed by atoms with Gasteiger partial charge in [0.25, 0.3) is 0 Å². The van der Waals surface area contributed by atoms with Crippen LogP contribution < -0.4 is 0 Å². The summed E-state index contributed by atoms with van der Waals surface area (Å²) in [6, 6.07) is 0. The van der Waals surface area contributed by atoms with Crippen molar-refractivity contribution in [3.05, 3.63) is 0 Å².